The molecule has 1 aromatic carbocycles. The summed E-state index contributed by atoms with van der Waals surface area (Å²) in [4.78, 5) is 67.2. The smallest absolute Gasteiger partial charge is 0.409 e. The Kier molecular flexibility index (Phi) is 11.4. The summed E-state index contributed by atoms with van der Waals surface area (Å²) in [6.07, 6.45) is 0.722. The van der Waals surface area contributed by atoms with Gasteiger partial charge in [0.05, 0.1) is 42.1 Å². The Labute approximate surface area is 242 Å². The number of hydrogen-bond acceptors (Lipinski definition) is 8. The van der Waals surface area contributed by atoms with Crippen LogP contribution < -0.4 is 5.32 Å². The molecule has 0 aromatic heterocycles. The summed E-state index contributed by atoms with van der Waals surface area (Å²) in [7, 11) is 1.24. The van der Waals surface area contributed by atoms with Crippen LogP contribution >= 0.6 is 23.2 Å². The highest BCUT2D eigenvalue weighted by molar-refractivity contribution is 6.42. The van der Waals surface area contributed by atoms with Gasteiger partial charge in [0.1, 0.15) is 12.6 Å². The van der Waals surface area contributed by atoms with Crippen molar-refractivity contribution in [3.63, 3.8) is 0 Å². The maximum absolute atomic E-state index is 13.6. The van der Waals surface area contributed by atoms with Gasteiger partial charge in [-0.2, -0.15) is 0 Å². The van der Waals surface area contributed by atoms with E-state index < -0.39 is 48.5 Å². The lowest BCUT2D eigenvalue weighted by atomic mass is 9.99. The number of piperazine rings is 1. The van der Waals surface area contributed by atoms with Crippen molar-refractivity contribution in [2.45, 2.75) is 50.7 Å². The van der Waals surface area contributed by atoms with Gasteiger partial charge in [0.15, 0.2) is 0 Å². The van der Waals surface area contributed by atoms with Crippen molar-refractivity contribution < 1.29 is 38.6 Å². The van der Waals surface area contributed by atoms with Crippen molar-refractivity contribution in [1.82, 2.24) is 20.0 Å². The number of halogens is 2. The molecule has 0 aliphatic carbocycles. The maximum Gasteiger partial charge on any atom is 0.409 e. The fraction of sp³-hybridized carbons (Fsp3) is 0.577. The monoisotopic (exact) mass is 600 g/mol. The number of nitrogens with one attached hydrogen (secondary N) is 1. The summed E-state index contributed by atoms with van der Waals surface area (Å²) in [5.74, 6) is -3.05. The predicted molar refractivity (Wildman–Crippen MR) is 145 cm³/mol. The number of ether oxygens (including phenoxy) is 2. The standard InChI is InChI=1S/C26H34Cl2N4O8/c1-16(33)29-20(13-24(35)36)25(37)40-15-22-21(14-30-7-3-4-8-30)31(9-10-32(22)26(38)39-2)23(34)12-17-5-6-18(27)19(28)11-17/h5-6,11,20-22H,3-4,7-10,12-15H2,1-2H3,(H,29,33)(H,35,36). The third-order valence-electron chi connectivity index (χ3n) is 6.98. The van der Waals surface area contributed by atoms with Crippen molar-refractivity contribution >= 4 is 53.0 Å². The largest absolute Gasteiger partial charge is 0.481 e. The number of likely N-dealkylation sites (tertiary alicyclic amines) is 1. The van der Waals surface area contributed by atoms with E-state index in [0.29, 0.717) is 22.2 Å². The fourth-order valence-electron chi connectivity index (χ4n) is 5.07. The van der Waals surface area contributed by atoms with Crippen LogP contribution in [0.5, 0.6) is 0 Å². The van der Waals surface area contributed by atoms with Crippen LogP contribution in [-0.2, 0) is 35.1 Å². The molecular formula is C26H34Cl2N4O8. The Morgan fingerprint density at radius 3 is 2.30 bits per heavy atom. The Bertz CT molecular complexity index is 1100. The van der Waals surface area contributed by atoms with E-state index in [0.717, 1.165) is 32.9 Å². The molecule has 0 radical (unpaired) electrons. The van der Waals surface area contributed by atoms with E-state index in [-0.39, 0.29) is 32.0 Å². The highest BCUT2D eigenvalue weighted by Gasteiger charge is 2.43. The van der Waals surface area contributed by atoms with Crippen molar-refractivity contribution in [1.29, 1.82) is 0 Å². The molecule has 1 aromatic rings. The molecule has 3 atom stereocenters. The molecule has 14 heteroatoms. The highest BCUT2D eigenvalue weighted by Crippen LogP contribution is 2.26. The number of hydrogen-bond donors (Lipinski definition) is 2. The number of amides is 3. The number of rotatable bonds is 10. The number of methoxy groups -OCH3 is 1. The van der Waals surface area contributed by atoms with E-state index in [9.17, 15) is 24.0 Å². The molecule has 2 N–H and O–H groups in total. The lowest BCUT2D eigenvalue weighted by molar-refractivity contribution is -0.155. The second-order valence-electron chi connectivity index (χ2n) is 9.80. The normalized spacial score (nSPS) is 20.1. The van der Waals surface area contributed by atoms with Crippen LogP contribution in [0.1, 0.15) is 31.7 Å². The zero-order chi connectivity index (χ0) is 29.4. The van der Waals surface area contributed by atoms with E-state index in [1.165, 1.54) is 12.0 Å². The number of benzene rings is 1. The van der Waals surface area contributed by atoms with Crippen LogP contribution in [0.15, 0.2) is 18.2 Å². The van der Waals surface area contributed by atoms with Crippen LogP contribution in [0.4, 0.5) is 4.79 Å². The van der Waals surface area contributed by atoms with E-state index in [1.54, 1.807) is 23.1 Å². The Balaban J connectivity index is 1.87. The number of carbonyl (C=O) groups is 5. The Morgan fingerprint density at radius 2 is 1.70 bits per heavy atom. The summed E-state index contributed by atoms with van der Waals surface area (Å²) in [5.41, 5.74) is 0.671. The van der Waals surface area contributed by atoms with Crippen LogP contribution in [0.2, 0.25) is 10.0 Å². The van der Waals surface area contributed by atoms with E-state index >= 15 is 0 Å². The second kappa shape index (κ2) is 14.5. The van der Waals surface area contributed by atoms with Crippen molar-refractivity contribution in [2.24, 2.45) is 0 Å². The van der Waals surface area contributed by atoms with Crippen molar-refractivity contribution in [2.75, 3.05) is 46.4 Å². The Hall–Kier alpha value is -3.09. The molecule has 0 spiro atoms. The first-order valence-electron chi connectivity index (χ1n) is 13.0. The SMILES string of the molecule is COC(=O)N1CCN(C(=O)Cc2ccc(Cl)c(Cl)c2)C(CN2CCCC2)C1COC(=O)C(CC(=O)O)NC(C)=O. The third-order valence-corrected chi connectivity index (χ3v) is 7.72. The molecule has 12 nitrogen and oxygen atoms in total. The highest BCUT2D eigenvalue weighted by atomic mass is 35.5. The quantitative estimate of drug-likeness (QED) is 0.384. The minimum Gasteiger partial charge on any atom is -0.481 e. The number of carboxylic acid groups (broad SMARTS) is 1. The molecular weight excluding hydrogens is 567 g/mol. The Morgan fingerprint density at radius 1 is 1.02 bits per heavy atom. The van der Waals surface area contributed by atoms with Gasteiger partial charge in [-0.25, -0.2) is 9.59 Å². The lowest BCUT2D eigenvalue weighted by Crippen LogP contribution is -2.66. The molecule has 40 heavy (non-hydrogen) atoms. The summed E-state index contributed by atoms with van der Waals surface area (Å²) < 4.78 is 10.5. The molecule has 0 saturated carbocycles. The minimum atomic E-state index is -1.41. The van der Waals surface area contributed by atoms with Crippen LogP contribution in [0.25, 0.3) is 0 Å². The molecule has 0 bridgehead atoms. The van der Waals surface area contributed by atoms with Crippen LogP contribution in [-0.4, -0.2) is 114 Å². The van der Waals surface area contributed by atoms with E-state index in [1.807, 2.05) is 0 Å². The van der Waals surface area contributed by atoms with Gasteiger partial charge < -0.3 is 29.7 Å². The molecule has 2 saturated heterocycles. The molecule has 3 unspecified atom stereocenters. The van der Waals surface area contributed by atoms with Gasteiger partial charge in [0.2, 0.25) is 11.8 Å². The van der Waals surface area contributed by atoms with Crippen LogP contribution in [0.3, 0.4) is 0 Å². The van der Waals surface area contributed by atoms with E-state index in [2.05, 4.69) is 10.2 Å². The molecule has 3 amide bonds. The van der Waals surface area contributed by atoms with Gasteiger partial charge in [0, 0.05) is 26.6 Å². The molecule has 2 heterocycles. The van der Waals surface area contributed by atoms with Crippen molar-refractivity contribution in [3.8, 4) is 0 Å². The zero-order valence-corrected chi connectivity index (χ0v) is 23.9. The fourth-order valence-corrected chi connectivity index (χ4v) is 5.39. The average Bonchev–Trinajstić information content (AvgIpc) is 3.41. The summed E-state index contributed by atoms with van der Waals surface area (Å²) in [6, 6.07) is 2.21. The molecule has 3 rings (SSSR count). The predicted octanol–water partition coefficient (Wildman–Crippen LogP) is 1.80. The van der Waals surface area contributed by atoms with Gasteiger partial charge in [-0.15, -0.1) is 0 Å². The summed E-state index contributed by atoms with van der Waals surface area (Å²) in [5, 5.41) is 12.2. The summed E-state index contributed by atoms with van der Waals surface area (Å²) in [6.45, 7) is 3.24. The minimum absolute atomic E-state index is 0.0430. The molecule has 2 fully saturated rings. The number of nitrogens with zero attached hydrogens (tertiary/aromatic N) is 3. The first kappa shape index (κ1) is 31.4. The van der Waals surface area contributed by atoms with Gasteiger partial charge in [0.25, 0.3) is 0 Å². The second-order valence-corrected chi connectivity index (χ2v) is 10.6. The molecule has 220 valence electrons. The van der Waals surface area contributed by atoms with Gasteiger partial charge in [-0.1, -0.05) is 29.3 Å². The number of carboxylic acids is 1. The molecule has 2 aliphatic rings. The first-order valence-corrected chi connectivity index (χ1v) is 13.7. The topological polar surface area (TPSA) is 146 Å². The summed E-state index contributed by atoms with van der Waals surface area (Å²) >= 11 is 12.2. The molecule has 2 aliphatic heterocycles. The first-order chi connectivity index (χ1) is 19.0. The van der Waals surface area contributed by atoms with Gasteiger partial charge in [-0.3, -0.25) is 19.3 Å². The van der Waals surface area contributed by atoms with Gasteiger partial charge >= 0.3 is 18.0 Å². The van der Waals surface area contributed by atoms with Crippen LogP contribution in [0, 0.1) is 0 Å². The van der Waals surface area contributed by atoms with Crippen molar-refractivity contribution in [3.05, 3.63) is 33.8 Å². The number of carbonyl (C=O) groups excluding carboxylic acids is 4. The maximum atomic E-state index is 13.6. The van der Waals surface area contributed by atoms with Gasteiger partial charge in [-0.05, 0) is 43.6 Å². The average molecular weight is 601 g/mol. The number of esters is 1. The third kappa shape index (κ3) is 8.45. The van der Waals surface area contributed by atoms with E-state index in [4.69, 9.17) is 37.8 Å². The number of aliphatic carboxylic acids is 1. The lowest BCUT2D eigenvalue weighted by Gasteiger charge is -2.47. The zero-order valence-electron chi connectivity index (χ0n) is 22.4.